The van der Waals surface area contributed by atoms with Crippen molar-refractivity contribution in [1.82, 2.24) is 4.72 Å². The van der Waals surface area contributed by atoms with Crippen molar-refractivity contribution in [1.29, 1.82) is 0 Å². The van der Waals surface area contributed by atoms with Crippen LogP contribution in [0.15, 0.2) is 59.5 Å². The number of ether oxygens (including phenoxy) is 2. The summed E-state index contributed by atoms with van der Waals surface area (Å²) in [4.78, 5) is 35.3. The Morgan fingerprint density at radius 3 is 2.22 bits per heavy atom. The lowest BCUT2D eigenvalue weighted by Crippen LogP contribution is -2.47. The van der Waals surface area contributed by atoms with Crippen molar-refractivity contribution in [3.63, 3.8) is 0 Å². The van der Waals surface area contributed by atoms with E-state index in [0.29, 0.717) is 6.42 Å². The first kappa shape index (κ1) is 24.8. The molecule has 0 aliphatic rings. The number of amides is 1. The molecule has 2 aromatic rings. The standard InChI is InChI=1S/C21H24N2O8S/c1-2-30-21(27)17(19(22)24)18(20(25)26)31-15-10-8-14(9-11-15)12-13-23-32(28,29)16-6-4-3-5-7-16/h3-11,17-18,23H,2,12-13H2,1H3,(H2,22,24)(H,25,26). The van der Waals surface area contributed by atoms with Crippen molar-refractivity contribution in [2.24, 2.45) is 11.7 Å². The summed E-state index contributed by atoms with van der Waals surface area (Å²) >= 11 is 0. The third-order valence-corrected chi connectivity index (χ3v) is 5.82. The molecule has 1 amide bonds. The molecule has 0 bridgehead atoms. The van der Waals surface area contributed by atoms with Crippen LogP contribution in [0.3, 0.4) is 0 Å². The fraction of sp³-hybridized carbons (Fsp3) is 0.286. The number of benzene rings is 2. The monoisotopic (exact) mass is 464 g/mol. The van der Waals surface area contributed by atoms with Crippen molar-refractivity contribution in [2.45, 2.75) is 24.3 Å². The summed E-state index contributed by atoms with van der Waals surface area (Å²) in [5, 5.41) is 9.41. The normalized spacial score (nSPS) is 13.0. The third-order valence-electron chi connectivity index (χ3n) is 4.34. The fourth-order valence-corrected chi connectivity index (χ4v) is 3.83. The maximum absolute atomic E-state index is 12.2. The highest BCUT2D eigenvalue weighted by Crippen LogP contribution is 2.19. The van der Waals surface area contributed by atoms with Gasteiger partial charge in [-0.05, 0) is 43.2 Å². The molecule has 2 aromatic carbocycles. The molecule has 2 unspecified atom stereocenters. The lowest BCUT2D eigenvalue weighted by Gasteiger charge is -2.21. The third kappa shape index (κ3) is 6.79. The second-order valence-electron chi connectivity index (χ2n) is 6.61. The number of carbonyl (C=O) groups is 3. The van der Waals surface area contributed by atoms with Gasteiger partial charge in [0, 0.05) is 6.54 Å². The molecule has 0 fully saturated rings. The lowest BCUT2D eigenvalue weighted by molar-refractivity contribution is -0.164. The Kier molecular flexibility index (Phi) is 8.73. The summed E-state index contributed by atoms with van der Waals surface area (Å²) in [7, 11) is -3.62. The number of hydrogen-bond donors (Lipinski definition) is 3. The van der Waals surface area contributed by atoms with Crippen LogP contribution >= 0.6 is 0 Å². The molecule has 0 aliphatic carbocycles. The molecule has 0 heterocycles. The van der Waals surface area contributed by atoms with Gasteiger partial charge < -0.3 is 20.3 Å². The molecule has 0 spiro atoms. The maximum Gasteiger partial charge on any atom is 0.346 e. The second kappa shape index (κ2) is 11.3. The largest absolute Gasteiger partial charge is 0.478 e. The summed E-state index contributed by atoms with van der Waals surface area (Å²) in [6.45, 7) is 1.59. The van der Waals surface area contributed by atoms with Gasteiger partial charge in [0.15, 0.2) is 5.92 Å². The van der Waals surface area contributed by atoms with Gasteiger partial charge in [0.05, 0.1) is 11.5 Å². The van der Waals surface area contributed by atoms with E-state index >= 15 is 0 Å². The van der Waals surface area contributed by atoms with Gasteiger partial charge >= 0.3 is 11.9 Å². The van der Waals surface area contributed by atoms with E-state index < -0.39 is 39.9 Å². The molecule has 0 saturated heterocycles. The number of nitrogens with two attached hydrogens (primary N) is 1. The molecule has 0 radical (unpaired) electrons. The number of hydrogen-bond acceptors (Lipinski definition) is 7. The molecule has 11 heteroatoms. The summed E-state index contributed by atoms with van der Waals surface area (Å²) in [5.41, 5.74) is 5.92. The van der Waals surface area contributed by atoms with Crippen LogP contribution < -0.4 is 15.2 Å². The van der Waals surface area contributed by atoms with E-state index in [9.17, 15) is 27.9 Å². The average Bonchev–Trinajstić information content (AvgIpc) is 2.75. The van der Waals surface area contributed by atoms with E-state index in [1.54, 1.807) is 30.3 Å². The number of carbonyl (C=O) groups excluding carboxylic acids is 2. The van der Waals surface area contributed by atoms with Crippen molar-refractivity contribution in [3.05, 3.63) is 60.2 Å². The van der Waals surface area contributed by atoms with Crippen LogP contribution in [0.5, 0.6) is 5.75 Å². The fourth-order valence-electron chi connectivity index (χ4n) is 2.78. The number of primary amides is 1. The zero-order chi connectivity index (χ0) is 23.7. The molecular weight excluding hydrogens is 440 g/mol. The topological polar surface area (TPSA) is 162 Å². The lowest BCUT2D eigenvalue weighted by atomic mass is 10.0. The Balaban J connectivity index is 2.02. The Morgan fingerprint density at radius 1 is 1.06 bits per heavy atom. The van der Waals surface area contributed by atoms with Gasteiger partial charge in [-0.3, -0.25) is 9.59 Å². The van der Waals surface area contributed by atoms with Crippen LogP contribution in [-0.2, 0) is 35.6 Å². The zero-order valence-corrected chi connectivity index (χ0v) is 18.1. The molecule has 10 nitrogen and oxygen atoms in total. The number of sulfonamides is 1. The number of carboxylic acids is 1. The molecule has 4 N–H and O–H groups in total. The number of carboxylic acid groups (broad SMARTS) is 1. The molecule has 2 atom stereocenters. The highest BCUT2D eigenvalue weighted by molar-refractivity contribution is 7.89. The summed E-state index contributed by atoms with van der Waals surface area (Å²) < 4.78 is 37.0. The predicted octanol–water partition coefficient (Wildman–Crippen LogP) is 0.704. The first-order valence-corrected chi connectivity index (χ1v) is 11.1. The van der Waals surface area contributed by atoms with E-state index in [-0.39, 0.29) is 23.8 Å². The number of nitrogens with one attached hydrogen (secondary N) is 1. The van der Waals surface area contributed by atoms with E-state index in [1.807, 2.05) is 0 Å². The highest BCUT2D eigenvalue weighted by atomic mass is 32.2. The minimum Gasteiger partial charge on any atom is -0.478 e. The summed E-state index contributed by atoms with van der Waals surface area (Å²) in [5.74, 6) is -5.56. The van der Waals surface area contributed by atoms with Gasteiger partial charge in [-0.1, -0.05) is 30.3 Å². The van der Waals surface area contributed by atoms with E-state index in [2.05, 4.69) is 4.72 Å². The SMILES string of the molecule is CCOC(=O)C(C(N)=O)C(Oc1ccc(CCNS(=O)(=O)c2ccccc2)cc1)C(=O)O. The first-order chi connectivity index (χ1) is 15.2. The van der Waals surface area contributed by atoms with Gasteiger partial charge in [-0.25, -0.2) is 17.9 Å². The van der Waals surface area contributed by atoms with Crippen molar-refractivity contribution < 1.29 is 37.4 Å². The smallest absolute Gasteiger partial charge is 0.346 e. The molecule has 0 aliphatic heterocycles. The van der Waals surface area contributed by atoms with Crippen LogP contribution in [0, 0.1) is 5.92 Å². The number of aliphatic carboxylic acids is 1. The maximum atomic E-state index is 12.2. The molecule has 2 rings (SSSR count). The summed E-state index contributed by atoms with van der Waals surface area (Å²) in [6, 6.07) is 14.1. The number of rotatable bonds is 12. The van der Waals surface area contributed by atoms with Gasteiger partial charge in [0.1, 0.15) is 5.75 Å². The Hall–Kier alpha value is -3.44. The van der Waals surface area contributed by atoms with Crippen molar-refractivity contribution in [3.8, 4) is 5.75 Å². The van der Waals surface area contributed by atoms with Crippen LogP contribution in [0.25, 0.3) is 0 Å². The Labute approximate surface area is 185 Å². The molecular formula is C21H24N2O8S. The van der Waals surface area contributed by atoms with E-state index in [0.717, 1.165) is 5.56 Å². The Bertz CT molecular complexity index is 1040. The van der Waals surface area contributed by atoms with Crippen LogP contribution in [0.4, 0.5) is 0 Å². The van der Waals surface area contributed by atoms with Crippen LogP contribution in [0.2, 0.25) is 0 Å². The Morgan fingerprint density at radius 2 is 1.69 bits per heavy atom. The molecule has 172 valence electrons. The minimum atomic E-state index is -3.62. The second-order valence-corrected chi connectivity index (χ2v) is 8.38. The van der Waals surface area contributed by atoms with E-state index in [1.165, 1.54) is 31.2 Å². The summed E-state index contributed by atoms with van der Waals surface area (Å²) in [6.07, 6.45) is -1.50. The predicted molar refractivity (Wildman–Crippen MR) is 113 cm³/mol. The molecule has 32 heavy (non-hydrogen) atoms. The van der Waals surface area contributed by atoms with Crippen LogP contribution in [-0.4, -0.2) is 50.6 Å². The van der Waals surface area contributed by atoms with Gasteiger partial charge in [-0.2, -0.15) is 0 Å². The van der Waals surface area contributed by atoms with Crippen LogP contribution in [0.1, 0.15) is 12.5 Å². The molecule has 0 saturated carbocycles. The van der Waals surface area contributed by atoms with E-state index in [4.69, 9.17) is 15.2 Å². The zero-order valence-electron chi connectivity index (χ0n) is 17.3. The van der Waals surface area contributed by atoms with Gasteiger partial charge in [0.25, 0.3) is 0 Å². The molecule has 0 aromatic heterocycles. The van der Waals surface area contributed by atoms with Crippen molar-refractivity contribution in [2.75, 3.05) is 13.2 Å². The highest BCUT2D eigenvalue weighted by Gasteiger charge is 2.41. The average molecular weight is 464 g/mol. The number of esters is 1. The van der Waals surface area contributed by atoms with Gasteiger partial charge in [-0.15, -0.1) is 0 Å². The first-order valence-electron chi connectivity index (χ1n) is 9.64. The van der Waals surface area contributed by atoms with Gasteiger partial charge in [0.2, 0.25) is 22.0 Å². The minimum absolute atomic E-state index is 0.0579. The van der Waals surface area contributed by atoms with Crippen molar-refractivity contribution >= 4 is 27.9 Å². The quantitative estimate of drug-likeness (QED) is 0.305.